The molecule has 0 N–H and O–H groups in total. The number of hydrogen-bond acceptors (Lipinski definition) is 2. The maximum Gasteiger partial charge on any atom is 0.476 e. The van der Waals surface area contributed by atoms with Gasteiger partial charge in [-0.15, -0.1) is 0 Å². The van der Waals surface area contributed by atoms with E-state index in [0.29, 0.717) is 0 Å². The van der Waals surface area contributed by atoms with Crippen molar-refractivity contribution in [1.82, 2.24) is 0 Å². The van der Waals surface area contributed by atoms with Crippen molar-refractivity contribution in [1.29, 1.82) is 0 Å². The number of carbonyl (C=O) groups is 1. The molecule has 0 unspecified atom stereocenters. The third kappa shape index (κ3) is 4.31. The zero-order valence-corrected chi connectivity index (χ0v) is 4.97. The fourth-order valence-corrected chi connectivity index (χ4v) is 0.668. The van der Waals surface area contributed by atoms with Gasteiger partial charge >= 0.3 is 4.57 Å². The molecule has 0 rings (SSSR count). The van der Waals surface area contributed by atoms with Crippen LogP contribution >= 0.6 is 11.6 Å². The van der Waals surface area contributed by atoms with Gasteiger partial charge in [-0.2, -0.15) is 0 Å². The van der Waals surface area contributed by atoms with Gasteiger partial charge in [-0.05, 0) is 6.92 Å². The molecule has 0 aliphatic heterocycles. The number of rotatable bonds is 1. The molecule has 0 aromatic heterocycles. The van der Waals surface area contributed by atoms with E-state index in [1.807, 2.05) is 6.92 Å². The molecule has 0 aromatic rings. The first-order chi connectivity index (χ1) is 2.77. The predicted molar refractivity (Wildman–Crippen MR) is 29.2 cm³/mol. The van der Waals surface area contributed by atoms with Gasteiger partial charge in [-0.3, -0.25) is 0 Å². The number of thioether (sulfide) groups is 1. The SMILES string of the molecule is CC[S+]C(=O)Cl. The van der Waals surface area contributed by atoms with Crippen LogP contribution in [0.25, 0.3) is 0 Å². The van der Waals surface area contributed by atoms with Gasteiger partial charge in [0.15, 0.2) is 5.75 Å². The van der Waals surface area contributed by atoms with E-state index in [-0.39, 0.29) is 4.57 Å². The summed E-state index contributed by atoms with van der Waals surface area (Å²) in [5.41, 5.74) is 0. The van der Waals surface area contributed by atoms with Crippen LogP contribution in [0.2, 0.25) is 0 Å². The smallest absolute Gasteiger partial charge is 0.213 e. The van der Waals surface area contributed by atoms with Crippen molar-refractivity contribution in [3.8, 4) is 0 Å². The molecule has 0 amide bonds. The van der Waals surface area contributed by atoms with Crippen LogP contribution in [0, 0.1) is 0 Å². The van der Waals surface area contributed by atoms with Gasteiger partial charge in [0.05, 0.1) is 0 Å². The van der Waals surface area contributed by atoms with Crippen LogP contribution in [0.3, 0.4) is 0 Å². The summed E-state index contributed by atoms with van der Waals surface area (Å²) in [6.45, 7) is 1.88. The van der Waals surface area contributed by atoms with Crippen molar-refractivity contribution in [3.63, 3.8) is 0 Å². The van der Waals surface area contributed by atoms with E-state index in [4.69, 9.17) is 11.6 Å². The zero-order chi connectivity index (χ0) is 4.99. The minimum atomic E-state index is -0.322. The summed E-state index contributed by atoms with van der Waals surface area (Å²) in [7, 11) is 0. The first-order valence-corrected chi connectivity index (χ1v) is 2.96. The fraction of sp³-hybridized carbons (Fsp3) is 0.667. The van der Waals surface area contributed by atoms with E-state index in [9.17, 15) is 4.79 Å². The quantitative estimate of drug-likeness (QED) is 0.389. The molecule has 0 aliphatic rings. The molecule has 35 valence electrons. The largest absolute Gasteiger partial charge is 0.476 e. The molecule has 0 saturated carbocycles. The summed E-state index contributed by atoms with van der Waals surface area (Å²) in [4.78, 5) is 9.77. The first kappa shape index (κ1) is 6.31. The van der Waals surface area contributed by atoms with Gasteiger partial charge in [0.25, 0.3) is 11.8 Å². The molecular weight excluding hydrogens is 120 g/mol. The lowest BCUT2D eigenvalue weighted by molar-refractivity contribution is 0.275. The Bertz CT molecular complexity index is 54.8. The van der Waals surface area contributed by atoms with Gasteiger partial charge in [-0.25, -0.2) is 4.79 Å². The molecule has 0 heterocycles. The average Bonchev–Trinajstić information content (AvgIpc) is 1.35. The lowest BCUT2D eigenvalue weighted by atomic mass is 11.0. The van der Waals surface area contributed by atoms with Gasteiger partial charge < -0.3 is 0 Å². The molecule has 0 aromatic carbocycles. The summed E-state index contributed by atoms with van der Waals surface area (Å²) in [6.07, 6.45) is 0. The predicted octanol–water partition coefficient (Wildman–Crippen LogP) is 1.45. The average molecular weight is 125 g/mol. The van der Waals surface area contributed by atoms with Crippen molar-refractivity contribution >= 4 is 27.9 Å². The Morgan fingerprint density at radius 2 is 2.50 bits per heavy atom. The summed E-state index contributed by atoms with van der Waals surface area (Å²) >= 11 is 6.01. The van der Waals surface area contributed by atoms with Crippen molar-refractivity contribution in [3.05, 3.63) is 0 Å². The number of hydrogen-bond donors (Lipinski definition) is 0. The number of carbonyl (C=O) groups excluding carboxylic acids is 1. The van der Waals surface area contributed by atoms with E-state index in [0.717, 1.165) is 17.5 Å². The van der Waals surface area contributed by atoms with Crippen molar-refractivity contribution in [2.75, 3.05) is 5.75 Å². The Morgan fingerprint density at radius 1 is 2.00 bits per heavy atom. The Balaban J connectivity index is 2.83. The third-order valence-corrected chi connectivity index (χ3v) is 1.10. The highest BCUT2D eigenvalue weighted by molar-refractivity contribution is 7.98. The maximum atomic E-state index is 9.77. The Hall–Kier alpha value is 0.310. The van der Waals surface area contributed by atoms with Crippen molar-refractivity contribution < 1.29 is 4.79 Å². The first-order valence-electron chi connectivity index (χ1n) is 1.59. The molecule has 3 heteroatoms. The van der Waals surface area contributed by atoms with E-state index < -0.39 is 0 Å². The van der Waals surface area contributed by atoms with E-state index >= 15 is 0 Å². The Morgan fingerprint density at radius 3 is 2.50 bits per heavy atom. The Labute approximate surface area is 46.1 Å². The second kappa shape index (κ2) is 3.50. The summed E-state index contributed by atoms with van der Waals surface area (Å²) in [6, 6.07) is 0. The molecule has 1 nitrogen and oxygen atoms in total. The fourth-order valence-electron chi connectivity index (χ4n) is 0.113. The van der Waals surface area contributed by atoms with Crippen LogP contribution in [0.1, 0.15) is 6.92 Å². The topological polar surface area (TPSA) is 17.1 Å². The molecule has 1 radical (unpaired) electrons. The maximum absolute atomic E-state index is 9.77. The molecule has 6 heavy (non-hydrogen) atoms. The minimum absolute atomic E-state index is 0.322. The zero-order valence-electron chi connectivity index (χ0n) is 3.40. The van der Waals surface area contributed by atoms with Gasteiger partial charge in [0, 0.05) is 11.6 Å². The van der Waals surface area contributed by atoms with Crippen LogP contribution in [0.5, 0.6) is 0 Å². The van der Waals surface area contributed by atoms with Crippen LogP contribution in [-0.4, -0.2) is 10.3 Å². The lowest BCUT2D eigenvalue weighted by Gasteiger charge is -1.57. The van der Waals surface area contributed by atoms with Gasteiger partial charge in [-0.1, -0.05) is 0 Å². The summed E-state index contributed by atoms with van der Waals surface area (Å²) < 4.78 is -0.322. The van der Waals surface area contributed by atoms with Crippen LogP contribution < -0.4 is 0 Å². The normalized spacial score (nSPS) is 8.33. The van der Waals surface area contributed by atoms with E-state index in [1.54, 1.807) is 0 Å². The van der Waals surface area contributed by atoms with Crippen molar-refractivity contribution in [2.45, 2.75) is 6.92 Å². The monoisotopic (exact) mass is 124 g/mol. The highest BCUT2D eigenvalue weighted by Gasteiger charge is 2.09. The second-order valence-electron chi connectivity index (χ2n) is 0.671. The molecule has 0 saturated heterocycles. The minimum Gasteiger partial charge on any atom is -0.213 e. The highest BCUT2D eigenvalue weighted by Crippen LogP contribution is 1.84. The molecule has 0 spiro atoms. The second-order valence-corrected chi connectivity index (χ2v) is 2.47. The van der Waals surface area contributed by atoms with Crippen LogP contribution in [0.4, 0.5) is 4.79 Å². The number of halogens is 1. The van der Waals surface area contributed by atoms with E-state index in [2.05, 4.69) is 0 Å². The van der Waals surface area contributed by atoms with Crippen molar-refractivity contribution in [2.24, 2.45) is 0 Å². The lowest BCUT2D eigenvalue weighted by Crippen LogP contribution is -1.87. The van der Waals surface area contributed by atoms with Gasteiger partial charge in [0.2, 0.25) is 0 Å². The molecular formula is C3H5ClOS+. The third-order valence-electron chi connectivity index (χ3n) is 0.258. The molecule has 0 aliphatic carbocycles. The summed E-state index contributed by atoms with van der Waals surface area (Å²) in [5, 5.41) is 0. The molecule has 0 fully saturated rings. The molecule has 0 atom stereocenters. The highest BCUT2D eigenvalue weighted by atomic mass is 35.5. The Kier molecular flexibility index (Phi) is 3.68. The van der Waals surface area contributed by atoms with Crippen LogP contribution in [-0.2, 0) is 11.8 Å². The van der Waals surface area contributed by atoms with Gasteiger partial charge in [0.1, 0.15) is 0 Å². The molecule has 0 bridgehead atoms. The van der Waals surface area contributed by atoms with E-state index in [1.165, 1.54) is 0 Å². The standard InChI is InChI=1S/C3H5ClOS/c1-2-6-3(4)5/h2H2,1H3/q+1. The summed E-state index contributed by atoms with van der Waals surface area (Å²) in [5.74, 6) is 0.766. The van der Waals surface area contributed by atoms with Crippen LogP contribution in [0.15, 0.2) is 0 Å².